The molecule has 0 radical (unpaired) electrons. The lowest BCUT2D eigenvalue weighted by molar-refractivity contribution is -0.139. The first kappa shape index (κ1) is 28.0. The molecule has 3 aromatic rings. The van der Waals surface area contributed by atoms with Crippen LogP contribution in [0.1, 0.15) is 18.1 Å². The minimum Gasteiger partial charge on any atom is -0.497 e. The highest BCUT2D eigenvalue weighted by molar-refractivity contribution is 7.92. The Hall–Kier alpha value is -3.56. The Bertz CT molecular complexity index is 1370. The van der Waals surface area contributed by atoms with Gasteiger partial charge in [-0.25, -0.2) is 8.42 Å². The van der Waals surface area contributed by atoms with Crippen LogP contribution in [0.3, 0.4) is 0 Å². The molecule has 0 aliphatic rings. The molecular weight excluding hydrogens is 514 g/mol. The van der Waals surface area contributed by atoms with Crippen molar-refractivity contribution in [2.24, 2.45) is 0 Å². The van der Waals surface area contributed by atoms with E-state index in [0.717, 1.165) is 9.87 Å². The summed E-state index contributed by atoms with van der Waals surface area (Å²) < 4.78 is 33.9. The van der Waals surface area contributed by atoms with Gasteiger partial charge in [-0.15, -0.1) is 0 Å². The van der Waals surface area contributed by atoms with E-state index in [1.54, 1.807) is 74.5 Å². The van der Waals surface area contributed by atoms with Crippen LogP contribution in [-0.4, -0.2) is 51.9 Å². The van der Waals surface area contributed by atoms with E-state index >= 15 is 0 Å². The highest BCUT2D eigenvalue weighted by Gasteiger charge is 2.33. The second-order valence-corrected chi connectivity index (χ2v) is 10.7. The molecule has 196 valence electrons. The summed E-state index contributed by atoms with van der Waals surface area (Å²) in [4.78, 5) is 27.7. The van der Waals surface area contributed by atoms with Crippen LogP contribution >= 0.6 is 11.6 Å². The number of methoxy groups -OCH3 is 1. The van der Waals surface area contributed by atoms with Crippen molar-refractivity contribution in [1.82, 2.24) is 10.2 Å². The van der Waals surface area contributed by atoms with Crippen molar-refractivity contribution in [2.45, 2.75) is 31.3 Å². The third-order valence-electron chi connectivity index (χ3n) is 5.94. The van der Waals surface area contributed by atoms with E-state index in [0.29, 0.717) is 22.0 Å². The van der Waals surface area contributed by atoms with Gasteiger partial charge in [0.15, 0.2) is 0 Å². The lowest BCUT2D eigenvalue weighted by Gasteiger charge is -2.32. The van der Waals surface area contributed by atoms with Crippen LogP contribution in [-0.2, 0) is 26.2 Å². The summed E-state index contributed by atoms with van der Waals surface area (Å²) >= 11 is 6.12. The summed E-state index contributed by atoms with van der Waals surface area (Å²) in [7, 11) is -1.11. The standard InChI is InChI=1S/C27H30ClN3O5S/c1-19-15-22(28)13-14-25(19)31(37(34,35)24-11-6-5-7-12-24)18-26(32)30(20(2)27(33)29-3)17-21-9-8-10-23(16-21)36-4/h5-16,20H,17-18H2,1-4H3,(H,29,33)/t20-/m0/s1. The number of hydrogen-bond acceptors (Lipinski definition) is 5. The molecule has 0 heterocycles. The first-order valence-electron chi connectivity index (χ1n) is 11.6. The van der Waals surface area contributed by atoms with E-state index in [1.807, 2.05) is 0 Å². The lowest BCUT2D eigenvalue weighted by Crippen LogP contribution is -2.50. The van der Waals surface area contributed by atoms with Gasteiger partial charge in [-0.3, -0.25) is 13.9 Å². The summed E-state index contributed by atoms with van der Waals surface area (Å²) in [6.45, 7) is 2.87. The summed E-state index contributed by atoms with van der Waals surface area (Å²) in [5.74, 6) is -0.327. The molecule has 0 spiro atoms. The molecule has 0 fully saturated rings. The molecule has 2 amide bonds. The molecule has 0 saturated carbocycles. The summed E-state index contributed by atoms with van der Waals surface area (Å²) in [5, 5.41) is 3.00. The van der Waals surface area contributed by atoms with E-state index in [-0.39, 0.29) is 17.3 Å². The lowest BCUT2D eigenvalue weighted by atomic mass is 10.1. The Morgan fingerprint density at radius 1 is 1.03 bits per heavy atom. The Balaban J connectivity index is 2.06. The molecule has 0 aliphatic carbocycles. The monoisotopic (exact) mass is 543 g/mol. The van der Waals surface area contributed by atoms with Gasteiger partial charge in [-0.05, 0) is 67.4 Å². The van der Waals surface area contributed by atoms with Crippen LogP contribution in [0.2, 0.25) is 5.02 Å². The molecule has 1 N–H and O–H groups in total. The largest absolute Gasteiger partial charge is 0.497 e. The number of hydrogen-bond donors (Lipinski definition) is 1. The van der Waals surface area contributed by atoms with Crippen molar-refractivity contribution in [3.63, 3.8) is 0 Å². The fourth-order valence-electron chi connectivity index (χ4n) is 3.89. The Morgan fingerprint density at radius 3 is 2.35 bits per heavy atom. The van der Waals surface area contributed by atoms with Gasteiger partial charge in [0.25, 0.3) is 10.0 Å². The van der Waals surface area contributed by atoms with E-state index in [9.17, 15) is 18.0 Å². The maximum atomic E-state index is 13.8. The Morgan fingerprint density at radius 2 is 1.73 bits per heavy atom. The Labute approximate surface area is 222 Å². The predicted molar refractivity (Wildman–Crippen MR) is 144 cm³/mol. The highest BCUT2D eigenvalue weighted by atomic mass is 35.5. The maximum Gasteiger partial charge on any atom is 0.264 e. The van der Waals surface area contributed by atoms with Gasteiger partial charge in [-0.2, -0.15) is 0 Å². The summed E-state index contributed by atoms with van der Waals surface area (Å²) in [5.41, 5.74) is 1.62. The number of benzene rings is 3. The molecule has 37 heavy (non-hydrogen) atoms. The van der Waals surface area contributed by atoms with Gasteiger partial charge < -0.3 is 15.0 Å². The zero-order valence-electron chi connectivity index (χ0n) is 21.1. The molecule has 0 unspecified atom stereocenters. The van der Waals surface area contributed by atoms with Crippen LogP contribution in [0.5, 0.6) is 5.75 Å². The first-order valence-corrected chi connectivity index (χ1v) is 13.4. The molecule has 3 aromatic carbocycles. The average molecular weight is 544 g/mol. The number of carbonyl (C=O) groups excluding carboxylic acids is 2. The Kier molecular flexibility index (Phi) is 9.18. The van der Waals surface area contributed by atoms with Crippen molar-refractivity contribution >= 4 is 39.1 Å². The molecule has 8 nitrogen and oxygen atoms in total. The fraction of sp³-hybridized carbons (Fsp3) is 0.259. The number of likely N-dealkylation sites (N-methyl/N-ethyl adjacent to an activating group) is 1. The second-order valence-electron chi connectivity index (χ2n) is 8.42. The molecule has 0 aromatic heterocycles. The zero-order valence-corrected chi connectivity index (χ0v) is 22.7. The maximum absolute atomic E-state index is 13.8. The smallest absolute Gasteiger partial charge is 0.264 e. The van der Waals surface area contributed by atoms with E-state index in [2.05, 4.69) is 5.32 Å². The van der Waals surface area contributed by atoms with Gasteiger partial charge in [-0.1, -0.05) is 41.9 Å². The quantitative estimate of drug-likeness (QED) is 0.417. The van der Waals surface area contributed by atoms with Crippen molar-refractivity contribution < 1.29 is 22.7 Å². The van der Waals surface area contributed by atoms with E-state index < -0.39 is 28.5 Å². The number of halogens is 1. The van der Waals surface area contributed by atoms with Crippen molar-refractivity contribution in [1.29, 1.82) is 0 Å². The van der Waals surface area contributed by atoms with Crippen LogP contribution in [0.4, 0.5) is 5.69 Å². The number of carbonyl (C=O) groups is 2. The molecule has 0 saturated heterocycles. The zero-order chi connectivity index (χ0) is 27.2. The SMILES string of the molecule is CNC(=O)[C@H](C)N(Cc1cccc(OC)c1)C(=O)CN(c1ccc(Cl)cc1C)S(=O)(=O)c1ccccc1. The third-order valence-corrected chi connectivity index (χ3v) is 7.95. The topological polar surface area (TPSA) is 96.0 Å². The predicted octanol–water partition coefficient (Wildman–Crippen LogP) is 4.02. The summed E-state index contributed by atoms with van der Waals surface area (Å²) in [6.07, 6.45) is 0. The number of nitrogens with zero attached hydrogens (tertiary/aromatic N) is 2. The number of sulfonamides is 1. The minimum atomic E-state index is -4.13. The van der Waals surface area contributed by atoms with Gasteiger partial charge in [0.05, 0.1) is 17.7 Å². The molecule has 10 heteroatoms. The van der Waals surface area contributed by atoms with Gasteiger partial charge in [0.2, 0.25) is 11.8 Å². The molecule has 3 rings (SSSR count). The minimum absolute atomic E-state index is 0.0378. The first-order chi connectivity index (χ1) is 17.6. The third kappa shape index (κ3) is 6.61. The summed E-state index contributed by atoms with van der Waals surface area (Å²) in [6, 6.07) is 18.9. The highest BCUT2D eigenvalue weighted by Crippen LogP contribution is 2.29. The number of ether oxygens (including phenoxy) is 1. The molecule has 0 aliphatic heterocycles. The van der Waals surface area contributed by atoms with Crippen LogP contribution in [0, 0.1) is 6.92 Å². The van der Waals surface area contributed by atoms with Crippen LogP contribution in [0.25, 0.3) is 0 Å². The second kappa shape index (κ2) is 12.1. The number of rotatable bonds is 10. The van der Waals surface area contributed by atoms with Crippen LogP contribution in [0.15, 0.2) is 77.7 Å². The van der Waals surface area contributed by atoms with Gasteiger partial charge >= 0.3 is 0 Å². The van der Waals surface area contributed by atoms with Crippen LogP contribution < -0.4 is 14.4 Å². The molecular formula is C27H30ClN3O5S. The van der Waals surface area contributed by atoms with Crippen molar-refractivity contribution in [3.05, 3.63) is 88.9 Å². The normalized spacial score (nSPS) is 11.9. The van der Waals surface area contributed by atoms with Gasteiger partial charge in [0.1, 0.15) is 18.3 Å². The van der Waals surface area contributed by atoms with Crippen molar-refractivity contribution in [2.75, 3.05) is 25.0 Å². The van der Waals surface area contributed by atoms with Crippen molar-refractivity contribution in [3.8, 4) is 5.75 Å². The molecule has 0 bridgehead atoms. The average Bonchev–Trinajstić information content (AvgIpc) is 2.90. The van der Waals surface area contributed by atoms with E-state index in [1.165, 1.54) is 31.2 Å². The van der Waals surface area contributed by atoms with E-state index in [4.69, 9.17) is 16.3 Å². The molecule has 1 atom stereocenters. The number of amides is 2. The van der Waals surface area contributed by atoms with Gasteiger partial charge in [0, 0.05) is 18.6 Å². The number of aryl methyl sites for hydroxylation is 1. The number of anilines is 1. The fourth-order valence-corrected chi connectivity index (χ4v) is 5.62. The number of nitrogens with one attached hydrogen (secondary N) is 1.